The first-order chi connectivity index (χ1) is 8.33. The van der Waals surface area contributed by atoms with Gasteiger partial charge in [0.2, 0.25) is 0 Å². The van der Waals surface area contributed by atoms with E-state index in [1.165, 1.54) is 0 Å². The Balaban J connectivity index is 2.04. The number of nitrogens with one attached hydrogen (secondary N) is 2. The number of ether oxygens (including phenoxy) is 1. The molecule has 0 unspecified atom stereocenters. The van der Waals surface area contributed by atoms with E-state index in [4.69, 9.17) is 10.5 Å². The summed E-state index contributed by atoms with van der Waals surface area (Å²) in [5.74, 6) is 1.70. The lowest BCUT2D eigenvalue weighted by Crippen LogP contribution is -2.10. The van der Waals surface area contributed by atoms with Crippen LogP contribution in [0.4, 0.5) is 5.82 Å². The van der Waals surface area contributed by atoms with Gasteiger partial charge in [0, 0.05) is 20.0 Å². The minimum atomic E-state index is 0.549. The Morgan fingerprint density at radius 2 is 2.24 bits per heavy atom. The first-order valence-electron chi connectivity index (χ1n) is 5.64. The van der Waals surface area contributed by atoms with Crippen LogP contribution in [0.3, 0.4) is 0 Å². The van der Waals surface area contributed by atoms with Gasteiger partial charge >= 0.3 is 0 Å². The van der Waals surface area contributed by atoms with Crippen molar-refractivity contribution in [3.63, 3.8) is 0 Å². The molecule has 6 nitrogen and oxygen atoms in total. The van der Waals surface area contributed by atoms with Crippen LogP contribution in [-0.2, 0) is 11.2 Å². The minimum Gasteiger partial charge on any atom is -0.380 e. The summed E-state index contributed by atoms with van der Waals surface area (Å²) in [6.45, 7) is 1.76. The molecule has 0 radical (unpaired) electrons. The quantitative estimate of drug-likeness (QED) is 0.635. The summed E-state index contributed by atoms with van der Waals surface area (Å²) in [5, 5.41) is 2.98. The van der Waals surface area contributed by atoms with Gasteiger partial charge in [-0.2, -0.15) is 0 Å². The Morgan fingerprint density at radius 1 is 1.35 bits per heavy atom. The van der Waals surface area contributed by atoms with Crippen LogP contribution < -0.4 is 11.1 Å². The van der Waals surface area contributed by atoms with Gasteiger partial charge in [0.25, 0.3) is 0 Å². The maximum Gasteiger partial charge on any atom is 0.179 e. The van der Waals surface area contributed by atoms with Gasteiger partial charge in [-0.25, -0.2) is 9.97 Å². The summed E-state index contributed by atoms with van der Waals surface area (Å²) in [6.07, 6.45) is 0.741. The van der Waals surface area contributed by atoms with Crippen molar-refractivity contribution in [3.05, 3.63) is 18.0 Å². The largest absolute Gasteiger partial charge is 0.380 e. The standard InChI is InChI=1S/C11H17N5O/c1-13-9-3-2-8-11(15-9)16-10(14-8)4-6-17-7-5-12/h2-3H,4-7,12H2,1H3,(H2,13,14,15,16). The normalized spacial score (nSPS) is 10.9. The number of nitrogens with zero attached hydrogens (tertiary/aromatic N) is 2. The number of nitrogens with two attached hydrogens (primary N) is 1. The number of pyridine rings is 1. The molecule has 2 aromatic rings. The molecule has 0 saturated carbocycles. The van der Waals surface area contributed by atoms with Crippen molar-refractivity contribution in [2.24, 2.45) is 5.73 Å². The van der Waals surface area contributed by atoms with Gasteiger partial charge in [-0.05, 0) is 12.1 Å². The van der Waals surface area contributed by atoms with Gasteiger partial charge in [0.15, 0.2) is 5.65 Å². The van der Waals surface area contributed by atoms with Crippen LogP contribution in [0.5, 0.6) is 0 Å². The maximum absolute atomic E-state index is 5.34. The number of imidazole rings is 1. The van der Waals surface area contributed by atoms with Crippen molar-refractivity contribution < 1.29 is 4.74 Å². The number of fused-ring (bicyclic) bond motifs is 1. The van der Waals surface area contributed by atoms with Gasteiger partial charge in [0.05, 0.1) is 18.7 Å². The Kier molecular flexibility index (Phi) is 3.89. The molecule has 0 bridgehead atoms. The molecule has 0 spiro atoms. The van der Waals surface area contributed by atoms with Crippen molar-refractivity contribution in [2.45, 2.75) is 6.42 Å². The van der Waals surface area contributed by atoms with Crippen molar-refractivity contribution in [2.75, 3.05) is 32.1 Å². The average Bonchev–Trinajstić information content (AvgIpc) is 2.76. The average molecular weight is 235 g/mol. The summed E-state index contributed by atoms with van der Waals surface area (Å²) in [6, 6.07) is 3.88. The summed E-state index contributed by atoms with van der Waals surface area (Å²) >= 11 is 0. The molecule has 0 aliphatic carbocycles. The van der Waals surface area contributed by atoms with Gasteiger partial charge in [-0.15, -0.1) is 0 Å². The number of H-pyrrole nitrogens is 1. The third-order valence-electron chi connectivity index (χ3n) is 2.40. The molecule has 4 N–H and O–H groups in total. The minimum absolute atomic E-state index is 0.549. The van der Waals surface area contributed by atoms with E-state index >= 15 is 0 Å². The SMILES string of the molecule is CNc1ccc2[nH]c(CCOCCN)nc2n1. The van der Waals surface area contributed by atoms with Crippen molar-refractivity contribution in [1.82, 2.24) is 15.0 Å². The van der Waals surface area contributed by atoms with Crippen LogP contribution in [0.1, 0.15) is 5.82 Å². The lowest BCUT2D eigenvalue weighted by molar-refractivity contribution is 0.143. The van der Waals surface area contributed by atoms with E-state index in [2.05, 4.69) is 20.3 Å². The highest BCUT2D eigenvalue weighted by Crippen LogP contribution is 2.12. The van der Waals surface area contributed by atoms with E-state index < -0.39 is 0 Å². The number of hydrogen-bond donors (Lipinski definition) is 3. The zero-order valence-corrected chi connectivity index (χ0v) is 9.86. The van der Waals surface area contributed by atoms with Gasteiger partial charge in [-0.3, -0.25) is 0 Å². The van der Waals surface area contributed by atoms with Crippen LogP contribution in [0.15, 0.2) is 12.1 Å². The Bertz CT molecular complexity index is 482. The highest BCUT2D eigenvalue weighted by Gasteiger charge is 2.04. The summed E-state index contributed by atoms with van der Waals surface area (Å²) in [7, 11) is 1.84. The molecular formula is C11H17N5O. The molecule has 2 rings (SSSR count). The topological polar surface area (TPSA) is 88.8 Å². The Hall–Kier alpha value is -1.66. The Labute approximate surface area is 99.6 Å². The first kappa shape index (κ1) is 11.8. The van der Waals surface area contributed by atoms with Crippen molar-refractivity contribution >= 4 is 17.0 Å². The second kappa shape index (κ2) is 5.60. The van der Waals surface area contributed by atoms with Crippen LogP contribution in [0.25, 0.3) is 11.2 Å². The number of aromatic amines is 1. The van der Waals surface area contributed by atoms with E-state index in [1.54, 1.807) is 0 Å². The van der Waals surface area contributed by atoms with Gasteiger partial charge < -0.3 is 20.8 Å². The second-order valence-corrected chi connectivity index (χ2v) is 3.65. The molecule has 0 aromatic carbocycles. The molecule has 0 fully saturated rings. The highest BCUT2D eigenvalue weighted by atomic mass is 16.5. The van der Waals surface area contributed by atoms with E-state index in [1.807, 2.05) is 19.2 Å². The van der Waals surface area contributed by atoms with E-state index in [-0.39, 0.29) is 0 Å². The van der Waals surface area contributed by atoms with Gasteiger partial charge in [-0.1, -0.05) is 0 Å². The van der Waals surface area contributed by atoms with E-state index in [0.29, 0.717) is 19.8 Å². The predicted octanol–water partition coefficient (Wildman–Crippen LogP) is 0.517. The molecule has 2 heterocycles. The lowest BCUT2D eigenvalue weighted by atomic mass is 10.4. The van der Waals surface area contributed by atoms with Gasteiger partial charge in [0.1, 0.15) is 11.6 Å². The third-order valence-corrected chi connectivity index (χ3v) is 2.40. The monoisotopic (exact) mass is 235 g/mol. The van der Waals surface area contributed by atoms with E-state index in [9.17, 15) is 0 Å². The predicted molar refractivity (Wildman–Crippen MR) is 67.0 cm³/mol. The molecule has 0 aliphatic heterocycles. The molecule has 0 amide bonds. The highest BCUT2D eigenvalue weighted by molar-refractivity contribution is 5.72. The molecule has 0 aliphatic rings. The molecule has 0 atom stereocenters. The summed E-state index contributed by atoms with van der Waals surface area (Å²) < 4.78 is 5.31. The van der Waals surface area contributed by atoms with Crippen molar-refractivity contribution in [3.8, 4) is 0 Å². The lowest BCUT2D eigenvalue weighted by Gasteiger charge is -1.98. The molecule has 0 saturated heterocycles. The van der Waals surface area contributed by atoms with Crippen LogP contribution in [-0.4, -0.2) is 41.8 Å². The molecule has 2 aromatic heterocycles. The smallest absolute Gasteiger partial charge is 0.179 e. The van der Waals surface area contributed by atoms with Crippen LogP contribution >= 0.6 is 0 Å². The number of aromatic nitrogens is 3. The fourth-order valence-corrected chi connectivity index (χ4v) is 1.55. The number of rotatable bonds is 6. The first-order valence-corrected chi connectivity index (χ1v) is 5.64. The molecule has 6 heteroatoms. The molecule has 92 valence electrons. The Morgan fingerprint density at radius 3 is 3.00 bits per heavy atom. The maximum atomic E-state index is 5.34. The summed E-state index contributed by atoms with van der Waals surface area (Å²) in [4.78, 5) is 12.0. The zero-order chi connectivity index (χ0) is 12.1. The third kappa shape index (κ3) is 2.92. The second-order valence-electron chi connectivity index (χ2n) is 3.65. The summed E-state index contributed by atoms with van der Waals surface area (Å²) in [5.41, 5.74) is 7.01. The number of anilines is 1. The number of hydrogen-bond acceptors (Lipinski definition) is 5. The zero-order valence-electron chi connectivity index (χ0n) is 9.86. The molecular weight excluding hydrogens is 218 g/mol. The fourth-order valence-electron chi connectivity index (χ4n) is 1.55. The van der Waals surface area contributed by atoms with Crippen LogP contribution in [0, 0.1) is 0 Å². The fraction of sp³-hybridized carbons (Fsp3) is 0.455. The molecule has 17 heavy (non-hydrogen) atoms. The van der Waals surface area contributed by atoms with E-state index in [0.717, 1.165) is 29.2 Å². The van der Waals surface area contributed by atoms with Crippen molar-refractivity contribution in [1.29, 1.82) is 0 Å². The van der Waals surface area contributed by atoms with Crippen LogP contribution in [0.2, 0.25) is 0 Å².